The van der Waals surface area contributed by atoms with Gasteiger partial charge in [-0.3, -0.25) is 10.1 Å². The molecule has 0 aliphatic carbocycles. The molecule has 0 saturated carbocycles. The second kappa shape index (κ2) is 8.78. The number of benzene rings is 2. The number of thioether (sulfide) groups is 1. The summed E-state index contributed by atoms with van der Waals surface area (Å²) < 4.78 is 71.1. The van der Waals surface area contributed by atoms with Crippen LogP contribution in [0.3, 0.4) is 0 Å². The van der Waals surface area contributed by atoms with E-state index in [1.807, 2.05) is 36.4 Å². The Balaban J connectivity index is 2.03. The highest BCUT2D eigenvalue weighted by Crippen LogP contribution is 2.44. The highest BCUT2D eigenvalue weighted by atomic mass is 32.2. The molecule has 2 aromatic carbocycles. The number of Topliss-reactive ketones (excluding diaryl/α,β-unsaturated/α-hetero) is 1. The number of methoxy groups -OCH3 is 1. The van der Waals surface area contributed by atoms with Gasteiger partial charge in [0.15, 0.2) is 0 Å². The Bertz CT molecular complexity index is 935. The van der Waals surface area contributed by atoms with E-state index in [2.05, 4.69) is 5.32 Å². The molecule has 2 aromatic rings. The zero-order valence-corrected chi connectivity index (χ0v) is 17.7. The second-order valence-electron chi connectivity index (χ2n) is 7.49. The number of halogens is 5. The average molecular weight is 459 g/mol. The first-order valence-corrected chi connectivity index (χ1v) is 10.6. The smallest absolute Gasteiger partial charge is 0.461 e. The van der Waals surface area contributed by atoms with Crippen molar-refractivity contribution in [3.63, 3.8) is 0 Å². The van der Waals surface area contributed by atoms with E-state index in [4.69, 9.17) is 4.74 Å². The molecule has 0 aromatic heterocycles. The van der Waals surface area contributed by atoms with Gasteiger partial charge in [0, 0.05) is 22.6 Å². The van der Waals surface area contributed by atoms with Crippen LogP contribution in [-0.4, -0.2) is 36.3 Å². The molecular weight excluding hydrogens is 437 g/mol. The van der Waals surface area contributed by atoms with Crippen molar-refractivity contribution in [3.05, 3.63) is 59.7 Å². The van der Waals surface area contributed by atoms with Crippen LogP contribution in [0, 0.1) is 0 Å². The Morgan fingerprint density at radius 1 is 1.16 bits per heavy atom. The number of carbonyl (C=O) groups excluding carboxylic acids is 1. The van der Waals surface area contributed by atoms with Crippen molar-refractivity contribution in [1.29, 1.82) is 0 Å². The van der Waals surface area contributed by atoms with Gasteiger partial charge in [-0.15, -0.1) is 11.8 Å². The molecule has 168 valence electrons. The first kappa shape index (κ1) is 23.5. The van der Waals surface area contributed by atoms with Crippen LogP contribution in [0.4, 0.5) is 22.0 Å². The third-order valence-corrected chi connectivity index (χ3v) is 6.86. The number of hydrogen-bond donors (Lipinski definition) is 1. The third kappa shape index (κ3) is 4.72. The van der Waals surface area contributed by atoms with Crippen molar-refractivity contribution in [2.45, 2.75) is 48.3 Å². The van der Waals surface area contributed by atoms with E-state index in [0.29, 0.717) is 5.75 Å². The van der Waals surface area contributed by atoms with Gasteiger partial charge in [-0.25, -0.2) is 0 Å². The predicted octanol–water partition coefficient (Wildman–Crippen LogP) is 5.79. The monoisotopic (exact) mass is 459 g/mol. The molecule has 9 heteroatoms. The van der Waals surface area contributed by atoms with Crippen molar-refractivity contribution in [1.82, 2.24) is 5.32 Å². The highest BCUT2D eigenvalue weighted by molar-refractivity contribution is 7.99. The third-order valence-electron chi connectivity index (χ3n) is 5.50. The Hall–Kier alpha value is -2.13. The molecule has 1 heterocycles. The number of carbonyl (C=O) groups is 1. The van der Waals surface area contributed by atoms with Gasteiger partial charge in [0.25, 0.3) is 0 Å². The molecule has 0 spiro atoms. The lowest BCUT2D eigenvalue weighted by molar-refractivity contribution is -0.269. The molecule has 1 N–H and O–H groups in total. The van der Waals surface area contributed by atoms with Crippen LogP contribution in [0.15, 0.2) is 53.4 Å². The van der Waals surface area contributed by atoms with Crippen LogP contribution in [0.25, 0.3) is 0 Å². The zero-order chi connectivity index (χ0) is 22.9. The fourth-order valence-corrected chi connectivity index (χ4v) is 4.94. The molecule has 3 rings (SSSR count). The molecular formula is C22H22F5NO2S. The summed E-state index contributed by atoms with van der Waals surface area (Å²) in [7, 11) is 1.52. The standard InChI is InChI=1S/C22H22F5NO2S/c1-3-20(12-18(29)21(23,24)22(25,26)27)13-31-17-11-15(30-2)9-10-16(17)19(28-20)14-7-5-4-6-8-14/h4-11,19,28H,3,12-13H2,1-2H3/t19-,20-/m0/s1. The minimum atomic E-state index is -5.92. The van der Waals surface area contributed by atoms with Gasteiger partial charge in [0.1, 0.15) is 5.75 Å². The highest BCUT2D eigenvalue weighted by Gasteiger charge is 2.63. The van der Waals surface area contributed by atoms with Gasteiger partial charge in [-0.1, -0.05) is 43.3 Å². The second-order valence-corrected chi connectivity index (χ2v) is 8.50. The summed E-state index contributed by atoms with van der Waals surface area (Å²) in [6, 6.07) is 14.0. The zero-order valence-electron chi connectivity index (χ0n) is 16.9. The van der Waals surface area contributed by atoms with E-state index in [9.17, 15) is 26.7 Å². The topological polar surface area (TPSA) is 38.3 Å². The maximum atomic E-state index is 13.7. The lowest BCUT2D eigenvalue weighted by Crippen LogP contribution is -2.54. The van der Waals surface area contributed by atoms with Crippen LogP contribution in [0.5, 0.6) is 5.75 Å². The summed E-state index contributed by atoms with van der Waals surface area (Å²) >= 11 is 1.31. The van der Waals surface area contributed by atoms with E-state index in [0.717, 1.165) is 16.0 Å². The Kier molecular flexibility index (Phi) is 6.67. The molecule has 2 atom stereocenters. The van der Waals surface area contributed by atoms with Gasteiger partial charge >= 0.3 is 12.1 Å². The van der Waals surface area contributed by atoms with Crippen molar-refractivity contribution in [3.8, 4) is 5.75 Å². The van der Waals surface area contributed by atoms with Gasteiger partial charge < -0.3 is 4.74 Å². The maximum Gasteiger partial charge on any atom is 0.461 e. The fraction of sp³-hybridized carbons (Fsp3) is 0.409. The van der Waals surface area contributed by atoms with E-state index < -0.39 is 35.9 Å². The molecule has 31 heavy (non-hydrogen) atoms. The minimum absolute atomic E-state index is 0.146. The largest absolute Gasteiger partial charge is 0.497 e. The predicted molar refractivity (Wildman–Crippen MR) is 109 cm³/mol. The average Bonchev–Trinajstić information content (AvgIpc) is 2.90. The van der Waals surface area contributed by atoms with Crippen LogP contribution >= 0.6 is 11.8 Å². The summed E-state index contributed by atoms with van der Waals surface area (Å²) in [5, 5.41) is 3.26. The van der Waals surface area contributed by atoms with Gasteiger partial charge in [0.05, 0.1) is 13.2 Å². The molecule has 1 aliphatic heterocycles. The first-order valence-electron chi connectivity index (χ1n) is 9.64. The van der Waals surface area contributed by atoms with Gasteiger partial charge in [-0.05, 0) is 29.7 Å². The van der Waals surface area contributed by atoms with Crippen molar-refractivity contribution < 1.29 is 31.5 Å². The summed E-state index contributed by atoms with van der Waals surface area (Å²) in [4.78, 5) is 12.9. The van der Waals surface area contributed by atoms with Crippen molar-refractivity contribution in [2.75, 3.05) is 12.9 Å². The number of alkyl halides is 5. The molecule has 0 fully saturated rings. The fourth-order valence-electron chi connectivity index (χ4n) is 3.56. The first-order chi connectivity index (χ1) is 14.5. The number of rotatable bonds is 6. The summed E-state index contributed by atoms with van der Waals surface area (Å²) in [6.45, 7) is 1.67. The number of hydrogen-bond acceptors (Lipinski definition) is 4. The van der Waals surface area contributed by atoms with Gasteiger partial charge in [0.2, 0.25) is 5.78 Å². The number of ketones is 1. The van der Waals surface area contributed by atoms with E-state index in [-0.39, 0.29) is 12.2 Å². The number of ether oxygens (including phenoxy) is 1. The van der Waals surface area contributed by atoms with Gasteiger partial charge in [-0.2, -0.15) is 22.0 Å². The van der Waals surface area contributed by atoms with Crippen molar-refractivity contribution >= 4 is 17.5 Å². The van der Waals surface area contributed by atoms with Crippen LogP contribution < -0.4 is 10.1 Å². The maximum absolute atomic E-state index is 13.7. The molecule has 0 radical (unpaired) electrons. The van der Waals surface area contributed by atoms with Crippen molar-refractivity contribution in [2.24, 2.45) is 0 Å². The summed E-state index contributed by atoms with van der Waals surface area (Å²) in [6.07, 6.45) is -6.68. The van der Waals surface area contributed by atoms with Crippen LogP contribution in [0.1, 0.15) is 36.9 Å². The molecule has 3 nitrogen and oxygen atoms in total. The summed E-state index contributed by atoms with van der Waals surface area (Å²) in [5.41, 5.74) is 0.384. The number of nitrogens with one attached hydrogen (secondary N) is 1. The Morgan fingerprint density at radius 3 is 2.42 bits per heavy atom. The minimum Gasteiger partial charge on any atom is -0.497 e. The molecule has 0 unspecified atom stereocenters. The van der Waals surface area contributed by atoms with Crippen LogP contribution in [0.2, 0.25) is 0 Å². The summed E-state index contributed by atoms with van der Waals surface area (Å²) in [5.74, 6) is -6.79. The van der Waals surface area contributed by atoms with E-state index >= 15 is 0 Å². The lowest BCUT2D eigenvalue weighted by atomic mass is 9.86. The normalized spacial score (nSPS) is 21.8. The molecule has 1 aliphatic rings. The van der Waals surface area contributed by atoms with E-state index in [1.54, 1.807) is 19.1 Å². The van der Waals surface area contributed by atoms with E-state index in [1.165, 1.54) is 18.9 Å². The quantitative estimate of drug-likeness (QED) is 0.556. The molecule has 0 saturated heterocycles. The Morgan fingerprint density at radius 2 is 1.84 bits per heavy atom. The SMILES string of the molecule is CC[C@]1(CC(=O)C(F)(F)C(F)(F)F)CSc2cc(OC)ccc2[C@H](c2ccccc2)N1. The lowest BCUT2D eigenvalue weighted by Gasteiger charge is -2.36. The molecule has 0 bridgehead atoms. The molecule has 0 amide bonds. The van der Waals surface area contributed by atoms with Crippen LogP contribution in [-0.2, 0) is 4.79 Å². The Labute approximate surface area is 181 Å². The number of fused-ring (bicyclic) bond motifs is 1.